The van der Waals surface area contributed by atoms with Crippen LogP contribution >= 0.6 is 0 Å². The predicted octanol–water partition coefficient (Wildman–Crippen LogP) is 1.50. The number of aromatic nitrogens is 3. The molecule has 1 fully saturated rings. The molecule has 1 saturated heterocycles. The summed E-state index contributed by atoms with van der Waals surface area (Å²) in [5, 5.41) is 7.61. The van der Waals surface area contributed by atoms with Gasteiger partial charge in [0, 0.05) is 6.20 Å². The molecule has 0 aliphatic carbocycles. The van der Waals surface area contributed by atoms with E-state index in [4.69, 9.17) is 0 Å². The number of rotatable bonds is 1. The van der Waals surface area contributed by atoms with Crippen molar-refractivity contribution in [1.82, 2.24) is 19.9 Å². The third kappa shape index (κ3) is 1.59. The Hall–Kier alpha value is -1.42. The zero-order valence-corrected chi connectivity index (χ0v) is 9.48. The van der Waals surface area contributed by atoms with Crippen LogP contribution in [-0.2, 0) is 0 Å². The van der Waals surface area contributed by atoms with Crippen molar-refractivity contribution in [3.8, 4) is 0 Å². The minimum atomic E-state index is 0.676. The van der Waals surface area contributed by atoms with Gasteiger partial charge in [-0.15, -0.1) is 0 Å². The molecule has 2 aromatic heterocycles. The lowest BCUT2D eigenvalue weighted by molar-refractivity contribution is 0.457. The molecule has 1 aliphatic heterocycles. The molecule has 16 heavy (non-hydrogen) atoms. The molecule has 4 nitrogen and oxygen atoms in total. The highest BCUT2D eigenvalue weighted by molar-refractivity contribution is 5.43. The number of piperidine rings is 1. The van der Waals surface area contributed by atoms with Gasteiger partial charge in [0.05, 0.1) is 0 Å². The Morgan fingerprint density at radius 3 is 3.00 bits per heavy atom. The van der Waals surface area contributed by atoms with Crippen LogP contribution < -0.4 is 5.32 Å². The van der Waals surface area contributed by atoms with Gasteiger partial charge in [-0.05, 0) is 56.0 Å². The average molecular weight is 216 g/mol. The van der Waals surface area contributed by atoms with E-state index < -0.39 is 0 Å². The number of nitrogens with zero attached hydrogens (tertiary/aromatic N) is 3. The number of aryl methyl sites for hydroxylation is 1. The highest BCUT2D eigenvalue weighted by Gasteiger charge is 2.17. The molecule has 2 aromatic rings. The lowest BCUT2D eigenvalue weighted by atomic mass is 9.89. The average Bonchev–Trinajstić information content (AvgIpc) is 2.76. The smallest absolute Gasteiger partial charge is 0.155 e. The fourth-order valence-corrected chi connectivity index (χ4v) is 2.53. The minimum absolute atomic E-state index is 0.676. The molecule has 3 heterocycles. The maximum absolute atomic E-state index is 4.21. The molecule has 0 spiro atoms. The van der Waals surface area contributed by atoms with Gasteiger partial charge in [-0.1, -0.05) is 0 Å². The fraction of sp³-hybridized carbons (Fsp3) is 0.500. The molecule has 0 saturated carbocycles. The molecule has 4 heteroatoms. The van der Waals surface area contributed by atoms with Crippen molar-refractivity contribution in [2.45, 2.75) is 25.7 Å². The molecule has 1 aliphatic rings. The van der Waals surface area contributed by atoms with Crippen LogP contribution in [0.2, 0.25) is 0 Å². The molecule has 0 amide bonds. The standard InChI is InChI=1S/C12H16N4/c1-9-6-12-14-8-15-16(12)7-11(9)10-2-4-13-5-3-10/h6-8,10,13H,2-5H2,1H3. The van der Waals surface area contributed by atoms with Crippen LogP contribution in [0.1, 0.15) is 29.9 Å². The van der Waals surface area contributed by atoms with Crippen LogP contribution in [0.5, 0.6) is 0 Å². The maximum Gasteiger partial charge on any atom is 0.155 e. The van der Waals surface area contributed by atoms with Crippen molar-refractivity contribution in [2.75, 3.05) is 13.1 Å². The molecule has 0 radical (unpaired) electrons. The Kier molecular flexibility index (Phi) is 2.36. The lowest BCUT2D eigenvalue weighted by Crippen LogP contribution is -2.27. The second kappa shape index (κ2) is 3.87. The van der Waals surface area contributed by atoms with Gasteiger partial charge in [-0.25, -0.2) is 9.50 Å². The maximum atomic E-state index is 4.21. The molecule has 84 valence electrons. The monoisotopic (exact) mass is 216 g/mol. The zero-order valence-electron chi connectivity index (χ0n) is 9.48. The van der Waals surface area contributed by atoms with Crippen molar-refractivity contribution in [3.05, 3.63) is 29.7 Å². The SMILES string of the molecule is Cc1cc2ncnn2cc1C1CCNCC1. The third-order valence-electron chi connectivity index (χ3n) is 3.44. The topological polar surface area (TPSA) is 42.2 Å². The van der Waals surface area contributed by atoms with E-state index >= 15 is 0 Å². The van der Waals surface area contributed by atoms with Gasteiger partial charge in [-0.2, -0.15) is 5.10 Å². The molecule has 0 bridgehead atoms. The molecule has 0 aromatic carbocycles. The summed E-state index contributed by atoms with van der Waals surface area (Å²) >= 11 is 0. The van der Waals surface area contributed by atoms with Crippen LogP contribution in [0.3, 0.4) is 0 Å². The van der Waals surface area contributed by atoms with E-state index in [-0.39, 0.29) is 0 Å². The number of hydrogen-bond donors (Lipinski definition) is 1. The first-order valence-corrected chi connectivity index (χ1v) is 5.85. The normalized spacial score (nSPS) is 18.1. The Bertz CT molecular complexity index is 497. The first kappa shape index (κ1) is 9.78. The van der Waals surface area contributed by atoms with Crippen LogP contribution in [0.15, 0.2) is 18.6 Å². The molecular formula is C12H16N4. The van der Waals surface area contributed by atoms with E-state index in [0.29, 0.717) is 5.92 Å². The quantitative estimate of drug-likeness (QED) is 0.785. The zero-order chi connectivity index (χ0) is 11.0. The lowest BCUT2D eigenvalue weighted by Gasteiger charge is -2.24. The van der Waals surface area contributed by atoms with Crippen LogP contribution in [0, 0.1) is 6.92 Å². The van der Waals surface area contributed by atoms with Gasteiger partial charge < -0.3 is 5.32 Å². The van der Waals surface area contributed by atoms with E-state index in [0.717, 1.165) is 18.7 Å². The predicted molar refractivity (Wildman–Crippen MR) is 62.6 cm³/mol. The summed E-state index contributed by atoms with van der Waals surface area (Å²) in [6, 6.07) is 2.13. The number of fused-ring (bicyclic) bond motifs is 1. The molecule has 0 unspecified atom stereocenters. The fourth-order valence-electron chi connectivity index (χ4n) is 2.53. The van der Waals surface area contributed by atoms with Gasteiger partial charge >= 0.3 is 0 Å². The summed E-state index contributed by atoms with van der Waals surface area (Å²) in [5.74, 6) is 0.676. The van der Waals surface area contributed by atoms with Crippen molar-refractivity contribution < 1.29 is 0 Å². The Labute approximate surface area is 94.7 Å². The first-order valence-electron chi connectivity index (χ1n) is 5.85. The summed E-state index contributed by atoms with van der Waals surface area (Å²) in [6.45, 7) is 4.42. The van der Waals surface area contributed by atoms with Crippen LogP contribution in [0.25, 0.3) is 5.65 Å². The summed E-state index contributed by atoms with van der Waals surface area (Å²) in [6.07, 6.45) is 6.21. The Morgan fingerprint density at radius 1 is 1.38 bits per heavy atom. The summed E-state index contributed by atoms with van der Waals surface area (Å²) in [7, 11) is 0. The van der Waals surface area contributed by atoms with E-state index in [1.54, 1.807) is 6.33 Å². The number of hydrogen-bond acceptors (Lipinski definition) is 3. The van der Waals surface area contributed by atoms with Crippen molar-refractivity contribution in [1.29, 1.82) is 0 Å². The number of nitrogens with one attached hydrogen (secondary N) is 1. The van der Waals surface area contributed by atoms with E-state index in [1.807, 2.05) is 4.52 Å². The largest absolute Gasteiger partial charge is 0.317 e. The molecule has 3 rings (SSSR count). The molecular weight excluding hydrogens is 200 g/mol. The van der Waals surface area contributed by atoms with Crippen LogP contribution in [0.4, 0.5) is 0 Å². The van der Waals surface area contributed by atoms with Crippen LogP contribution in [-0.4, -0.2) is 27.7 Å². The van der Waals surface area contributed by atoms with Gasteiger partial charge in [0.1, 0.15) is 6.33 Å². The molecule has 0 atom stereocenters. The van der Waals surface area contributed by atoms with E-state index in [9.17, 15) is 0 Å². The third-order valence-corrected chi connectivity index (χ3v) is 3.44. The van der Waals surface area contributed by atoms with Gasteiger partial charge in [0.2, 0.25) is 0 Å². The van der Waals surface area contributed by atoms with Gasteiger partial charge in [-0.3, -0.25) is 0 Å². The second-order valence-corrected chi connectivity index (χ2v) is 4.50. The molecule has 1 N–H and O–H groups in total. The highest BCUT2D eigenvalue weighted by atomic mass is 15.3. The second-order valence-electron chi connectivity index (χ2n) is 4.50. The summed E-state index contributed by atoms with van der Waals surface area (Å²) < 4.78 is 1.88. The summed E-state index contributed by atoms with van der Waals surface area (Å²) in [4.78, 5) is 4.21. The summed E-state index contributed by atoms with van der Waals surface area (Å²) in [5.41, 5.74) is 3.71. The van der Waals surface area contributed by atoms with Gasteiger partial charge in [0.15, 0.2) is 5.65 Å². The minimum Gasteiger partial charge on any atom is -0.317 e. The Balaban J connectivity index is 2.03. The van der Waals surface area contributed by atoms with E-state index in [2.05, 4.69) is 34.6 Å². The highest BCUT2D eigenvalue weighted by Crippen LogP contribution is 2.27. The first-order chi connectivity index (χ1) is 7.84. The van der Waals surface area contributed by atoms with Gasteiger partial charge in [0.25, 0.3) is 0 Å². The Morgan fingerprint density at radius 2 is 2.19 bits per heavy atom. The van der Waals surface area contributed by atoms with Crippen molar-refractivity contribution >= 4 is 5.65 Å². The van der Waals surface area contributed by atoms with E-state index in [1.165, 1.54) is 24.0 Å². The van der Waals surface area contributed by atoms with Crippen molar-refractivity contribution in [3.63, 3.8) is 0 Å². The van der Waals surface area contributed by atoms with Crippen molar-refractivity contribution in [2.24, 2.45) is 0 Å². The number of pyridine rings is 1.